The molecule has 0 fully saturated rings. The molecule has 12 heavy (non-hydrogen) atoms. The Bertz CT molecular complexity index is 175. The minimum absolute atomic E-state index is 0.0352. The maximum absolute atomic E-state index is 11.2. The number of hydrogen-bond donors (Lipinski definition) is 1. The van der Waals surface area contributed by atoms with E-state index in [1.165, 1.54) is 6.92 Å². The van der Waals surface area contributed by atoms with Crippen LogP contribution in [-0.2, 0) is 9.59 Å². The Labute approximate surface area is 73.3 Å². The molecule has 0 rings (SSSR count). The van der Waals surface area contributed by atoms with E-state index < -0.39 is 6.04 Å². The van der Waals surface area contributed by atoms with Gasteiger partial charge in [0.1, 0.15) is 5.78 Å². The molecule has 0 aromatic rings. The van der Waals surface area contributed by atoms with Crippen LogP contribution < -0.4 is 5.73 Å². The van der Waals surface area contributed by atoms with Crippen molar-refractivity contribution >= 4 is 11.6 Å². The van der Waals surface area contributed by atoms with E-state index in [4.69, 9.17) is 5.73 Å². The molecule has 0 amide bonds. The van der Waals surface area contributed by atoms with Gasteiger partial charge in [-0.1, -0.05) is 13.8 Å². The summed E-state index contributed by atoms with van der Waals surface area (Å²) in [5.41, 5.74) is 5.56. The first-order valence-corrected chi connectivity index (χ1v) is 4.24. The molecule has 0 aliphatic rings. The summed E-state index contributed by atoms with van der Waals surface area (Å²) in [6, 6.07) is -0.464. The van der Waals surface area contributed by atoms with Gasteiger partial charge in [0.05, 0.1) is 6.04 Å². The van der Waals surface area contributed by atoms with Crippen LogP contribution >= 0.6 is 0 Å². The average Bonchev–Trinajstić information content (AvgIpc) is 1.98. The first-order chi connectivity index (χ1) is 5.45. The number of nitrogens with two attached hydrogens (primary N) is 1. The van der Waals surface area contributed by atoms with Crippen molar-refractivity contribution in [2.24, 2.45) is 11.7 Å². The second kappa shape index (κ2) is 5.04. The van der Waals surface area contributed by atoms with Gasteiger partial charge in [0, 0.05) is 12.3 Å². The molecule has 1 unspecified atom stereocenters. The largest absolute Gasteiger partial charge is 0.321 e. The molecule has 1 atom stereocenters. The third-order valence-corrected chi connectivity index (χ3v) is 1.74. The third-order valence-electron chi connectivity index (χ3n) is 1.74. The summed E-state index contributed by atoms with van der Waals surface area (Å²) in [4.78, 5) is 21.8. The van der Waals surface area contributed by atoms with E-state index in [1.807, 2.05) is 13.8 Å². The van der Waals surface area contributed by atoms with Crippen molar-refractivity contribution in [2.75, 3.05) is 0 Å². The molecule has 0 aliphatic heterocycles. The van der Waals surface area contributed by atoms with Crippen LogP contribution in [0.1, 0.15) is 33.6 Å². The van der Waals surface area contributed by atoms with Gasteiger partial charge in [-0.15, -0.1) is 0 Å². The molecule has 0 saturated carbocycles. The summed E-state index contributed by atoms with van der Waals surface area (Å²) in [6.07, 6.45) is 0.881. The minimum atomic E-state index is -0.464. The van der Waals surface area contributed by atoms with Gasteiger partial charge < -0.3 is 10.5 Å². The predicted molar refractivity (Wildman–Crippen MR) is 47.7 cm³/mol. The predicted octanol–water partition coefficient (Wildman–Crippen LogP) is 0.908. The van der Waals surface area contributed by atoms with E-state index in [1.54, 1.807) is 0 Å². The summed E-state index contributed by atoms with van der Waals surface area (Å²) in [6.45, 7) is 5.14. The lowest BCUT2D eigenvalue weighted by Crippen LogP contribution is -2.34. The smallest absolute Gasteiger partial charge is 0.152 e. The molecule has 0 radical (unpaired) electrons. The van der Waals surface area contributed by atoms with Crippen LogP contribution in [0.15, 0.2) is 0 Å². The number of carbonyl (C=O) groups is 2. The maximum atomic E-state index is 11.2. The topological polar surface area (TPSA) is 60.2 Å². The molecule has 0 spiro atoms. The molecule has 0 aromatic heterocycles. The lowest BCUT2D eigenvalue weighted by atomic mass is 9.98. The first-order valence-electron chi connectivity index (χ1n) is 4.24. The van der Waals surface area contributed by atoms with Gasteiger partial charge in [0.2, 0.25) is 0 Å². The second-order valence-corrected chi connectivity index (χ2v) is 3.40. The van der Waals surface area contributed by atoms with Gasteiger partial charge >= 0.3 is 0 Å². The molecule has 0 heterocycles. The molecular weight excluding hydrogens is 154 g/mol. The van der Waals surface area contributed by atoms with Crippen molar-refractivity contribution in [3.63, 3.8) is 0 Å². The van der Waals surface area contributed by atoms with Crippen molar-refractivity contribution in [3.8, 4) is 0 Å². The van der Waals surface area contributed by atoms with Crippen LogP contribution in [0.25, 0.3) is 0 Å². The summed E-state index contributed by atoms with van der Waals surface area (Å²) in [7, 11) is 0. The number of carbonyl (C=O) groups excluding carboxylic acids is 2. The van der Waals surface area contributed by atoms with Crippen molar-refractivity contribution < 1.29 is 9.59 Å². The van der Waals surface area contributed by atoms with E-state index in [0.717, 1.165) is 0 Å². The monoisotopic (exact) mass is 171 g/mol. The zero-order valence-corrected chi connectivity index (χ0v) is 7.96. The summed E-state index contributed by atoms with van der Waals surface area (Å²) >= 11 is 0. The normalized spacial score (nSPS) is 13.1. The van der Waals surface area contributed by atoms with E-state index in [2.05, 4.69) is 0 Å². The Kier molecular flexibility index (Phi) is 4.74. The second-order valence-electron chi connectivity index (χ2n) is 3.40. The van der Waals surface area contributed by atoms with E-state index in [9.17, 15) is 9.59 Å². The van der Waals surface area contributed by atoms with Gasteiger partial charge in [0.15, 0.2) is 5.78 Å². The molecule has 0 saturated heterocycles. The standard InChI is InChI=1S/C9H17NO2/c1-6(2)9(12)8(10)5-4-7(3)11/h6,8H,4-5,10H2,1-3H3. The van der Waals surface area contributed by atoms with Gasteiger partial charge in [-0.3, -0.25) is 4.79 Å². The van der Waals surface area contributed by atoms with Crippen LogP contribution in [0.5, 0.6) is 0 Å². The van der Waals surface area contributed by atoms with E-state index in [0.29, 0.717) is 12.8 Å². The lowest BCUT2D eigenvalue weighted by molar-refractivity contribution is -0.123. The van der Waals surface area contributed by atoms with Crippen molar-refractivity contribution in [1.29, 1.82) is 0 Å². The van der Waals surface area contributed by atoms with Crippen molar-refractivity contribution in [2.45, 2.75) is 39.7 Å². The SMILES string of the molecule is CC(=O)CCC(N)C(=O)C(C)C. The van der Waals surface area contributed by atoms with Crippen molar-refractivity contribution in [1.82, 2.24) is 0 Å². The Morgan fingerprint density at radius 3 is 2.17 bits per heavy atom. The van der Waals surface area contributed by atoms with Crippen LogP contribution in [0.3, 0.4) is 0 Å². The number of hydrogen-bond acceptors (Lipinski definition) is 3. The highest BCUT2D eigenvalue weighted by Crippen LogP contribution is 2.03. The molecule has 2 N–H and O–H groups in total. The number of Topliss-reactive ketones (excluding diaryl/α,β-unsaturated/α-hetero) is 2. The molecular formula is C9H17NO2. The zero-order valence-electron chi connectivity index (χ0n) is 7.96. The molecule has 0 aliphatic carbocycles. The summed E-state index contributed by atoms with van der Waals surface area (Å²) < 4.78 is 0. The number of rotatable bonds is 5. The van der Waals surface area contributed by atoms with Crippen LogP contribution in [0.2, 0.25) is 0 Å². The summed E-state index contributed by atoms with van der Waals surface area (Å²) in [5.74, 6) is 0.0882. The van der Waals surface area contributed by atoms with E-state index >= 15 is 0 Å². The Hall–Kier alpha value is -0.700. The Balaban J connectivity index is 3.79. The molecule has 0 aromatic carbocycles. The fraction of sp³-hybridized carbons (Fsp3) is 0.778. The van der Waals surface area contributed by atoms with Gasteiger partial charge in [-0.05, 0) is 13.3 Å². The molecule has 3 heteroatoms. The minimum Gasteiger partial charge on any atom is -0.321 e. The third kappa shape index (κ3) is 4.23. The van der Waals surface area contributed by atoms with Gasteiger partial charge in [0.25, 0.3) is 0 Å². The lowest BCUT2D eigenvalue weighted by Gasteiger charge is -2.11. The fourth-order valence-corrected chi connectivity index (χ4v) is 0.929. The van der Waals surface area contributed by atoms with Crippen LogP contribution in [-0.4, -0.2) is 17.6 Å². The van der Waals surface area contributed by atoms with Gasteiger partial charge in [-0.25, -0.2) is 0 Å². The summed E-state index contributed by atoms with van der Waals surface area (Å²) in [5, 5.41) is 0. The quantitative estimate of drug-likeness (QED) is 0.668. The van der Waals surface area contributed by atoms with Gasteiger partial charge in [-0.2, -0.15) is 0 Å². The Morgan fingerprint density at radius 1 is 1.33 bits per heavy atom. The molecule has 70 valence electrons. The first kappa shape index (κ1) is 11.3. The molecule has 3 nitrogen and oxygen atoms in total. The van der Waals surface area contributed by atoms with E-state index in [-0.39, 0.29) is 17.5 Å². The van der Waals surface area contributed by atoms with Crippen molar-refractivity contribution in [3.05, 3.63) is 0 Å². The van der Waals surface area contributed by atoms with Crippen LogP contribution in [0, 0.1) is 5.92 Å². The highest BCUT2D eigenvalue weighted by molar-refractivity contribution is 5.86. The fourth-order valence-electron chi connectivity index (χ4n) is 0.929. The van der Waals surface area contributed by atoms with Crippen LogP contribution in [0.4, 0.5) is 0 Å². The Morgan fingerprint density at radius 2 is 1.83 bits per heavy atom. The zero-order chi connectivity index (χ0) is 9.72. The maximum Gasteiger partial charge on any atom is 0.152 e. The highest BCUT2D eigenvalue weighted by atomic mass is 16.1. The highest BCUT2D eigenvalue weighted by Gasteiger charge is 2.16. The average molecular weight is 171 g/mol. The number of ketones is 2. The molecule has 0 bridgehead atoms.